The van der Waals surface area contributed by atoms with Gasteiger partial charge in [-0.05, 0) is 43.5 Å². The van der Waals surface area contributed by atoms with Gasteiger partial charge in [-0.25, -0.2) is 4.79 Å². The van der Waals surface area contributed by atoms with Gasteiger partial charge in [-0.1, -0.05) is 25.2 Å². The fraction of sp³-hybridized carbons (Fsp3) is 0.353. The quantitative estimate of drug-likeness (QED) is 0.461. The summed E-state index contributed by atoms with van der Waals surface area (Å²) in [5.41, 5.74) is 3.35. The highest BCUT2D eigenvalue weighted by atomic mass is 16.4. The van der Waals surface area contributed by atoms with Crippen LogP contribution in [0.1, 0.15) is 42.9 Å². The lowest BCUT2D eigenvalue weighted by molar-refractivity contribution is 0.560. The summed E-state index contributed by atoms with van der Waals surface area (Å²) in [6, 6.07) is 5.43. The van der Waals surface area contributed by atoms with Crippen LogP contribution in [0.25, 0.3) is 11.0 Å². The molecule has 0 saturated heterocycles. The zero-order chi connectivity index (χ0) is 13.8. The summed E-state index contributed by atoms with van der Waals surface area (Å²) < 4.78 is 5.24. The smallest absolute Gasteiger partial charge is 0.337 e. The van der Waals surface area contributed by atoms with Crippen molar-refractivity contribution in [3.63, 3.8) is 0 Å². The van der Waals surface area contributed by atoms with Gasteiger partial charge in [0.2, 0.25) is 0 Å². The zero-order valence-electron chi connectivity index (χ0n) is 11.7. The number of hydrogen-bond acceptors (Lipinski definition) is 2. The monoisotopic (exact) mass is 254 g/mol. The van der Waals surface area contributed by atoms with Crippen molar-refractivity contribution in [3.8, 4) is 11.8 Å². The van der Waals surface area contributed by atoms with Crippen LogP contribution in [0.3, 0.4) is 0 Å². The molecule has 0 aliphatic heterocycles. The van der Waals surface area contributed by atoms with E-state index in [4.69, 9.17) is 4.42 Å². The van der Waals surface area contributed by atoms with Crippen molar-refractivity contribution in [1.82, 2.24) is 0 Å². The van der Waals surface area contributed by atoms with Gasteiger partial charge in [0, 0.05) is 23.4 Å². The number of hydrogen-bond donors (Lipinski definition) is 0. The van der Waals surface area contributed by atoms with Crippen LogP contribution in [0, 0.1) is 25.7 Å². The van der Waals surface area contributed by atoms with Crippen molar-refractivity contribution in [2.45, 2.75) is 40.0 Å². The van der Waals surface area contributed by atoms with Crippen LogP contribution in [0.15, 0.2) is 27.4 Å². The first-order chi connectivity index (χ1) is 9.11. The van der Waals surface area contributed by atoms with Crippen LogP contribution < -0.4 is 5.63 Å². The Morgan fingerprint density at radius 2 is 1.89 bits per heavy atom. The van der Waals surface area contributed by atoms with E-state index in [1.807, 2.05) is 26.0 Å². The minimum atomic E-state index is -0.337. The molecular formula is C17H18O2. The van der Waals surface area contributed by atoms with Crippen molar-refractivity contribution in [1.29, 1.82) is 0 Å². The van der Waals surface area contributed by atoms with Crippen LogP contribution in [-0.4, -0.2) is 0 Å². The van der Waals surface area contributed by atoms with Crippen molar-refractivity contribution in [3.05, 3.63) is 45.3 Å². The summed E-state index contributed by atoms with van der Waals surface area (Å²) in [4.78, 5) is 11.6. The molecule has 0 unspecified atom stereocenters. The third-order valence-electron chi connectivity index (χ3n) is 3.24. The number of benzene rings is 1. The molecule has 2 nitrogen and oxygen atoms in total. The van der Waals surface area contributed by atoms with E-state index in [1.54, 1.807) is 0 Å². The number of rotatable bonds is 2. The molecule has 2 aromatic rings. The Morgan fingerprint density at radius 1 is 1.16 bits per heavy atom. The standard InChI is InChI=1S/C17H18O2/c1-4-5-6-7-8-14-11-17(18)19-16-10-13(3)12(2)9-15(14)16/h9-11H,4-6H2,1-3H3. The largest absolute Gasteiger partial charge is 0.423 e. The fourth-order valence-electron chi connectivity index (χ4n) is 1.94. The summed E-state index contributed by atoms with van der Waals surface area (Å²) in [7, 11) is 0. The van der Waals surface area contributed by atoms with Gasteiger partial charge in [0.25, 0.3) is 0 Å². The Bertz CT molecular complexity index is 712. The van der Waals surface area contributed by atoms with Crippen LogP contribution in [0.4, 0.5) is 0 Å². The molecule has 2 rings (SSSR count). The lowest BCUT2D eigenvalue weighted by atomic mass is 10.0. The summed E-state index contributed by atoms with van der Waals surface area (Å²) in [6.07, 6.45) is 3.08. The van der Waals surface area contributed by atoms with E-state index in [0.717, 1.165) is 35.8 Å². The Balaban J connectivity index is 2.55. The van der Waals surface area contributed by atoms with E-state index in [2.05, 4.69) is 18.8 Å². The van der Waals surface area contributed by atoms with E-state index in [0.29, 0.717) is 5.58 Å². The summed E-state index contributed by atoms with van der Waals surface area (Å²) >= 11 is 0. The third-order valence-corrected chi connectivity index (χ3v) is 3.24. The van der Waals surface area contributed by atoms with Gasteiger partial charge in [0.05, 0.1) is 0 Å². The molecule has 0 aliphatic rings. The van der Waals surface area contributed by atoms with Crippen LogP contribution in [-0.2, 0) is 0 Å². The maximum atomic E-state index is 11.6. The molecule has 2 heteroatoms. The summed E-state index contributed by atoms with van der Waals surface area (Å²) in [6.45, 7) is 6.20. The molecule has 1 aromatic heterocycles. The van der Waals surface area contributed by atoms with Crippen molar-refractivity contribution < 1.29 is 4.42 Å². The van der Waals surface area contributed by atoms with Crippen molar-refractivity contribution >= 4 is 11.0 Å². The molecule has 0 bridgehead atoms. The van der Waals surface area contributed by atoms with Crippen LogP contribution in [0.2, 0.25) is 0 Å². The maximum Gasteiger partial charge on any atom is 0.337 e. The molecule has 0 spiro atoms. The van der Waals surface area contributed by atoms with E-state index in [1.165, 1.54) is 11.6 Å². The van der Waals surface area contributed by atoms with E-state index < -0.39 is 0 Å². The molecule has 0 saturated carbocycles. The highest BCUT2D eigenvalue weighted by Crippen LogP contribution is 2.20. The molecule has 0 N–H and O–H groups in total. The Kier molecular flexibility index (Phi) is 4.06. The lowest BCUT2D eigenvalue weighted by Crippen LogP contribution is -1.99. The molecule has 0 radical (unpaired) electrons. The van der Waals surface area contributed by atoms with E-state index in [9.17, 15) is 4.79 Å². The highest BCUT2D eigenvalue weighted by Gasteiger charge is 2.05. The first-order valence-electron chi connectivity index (χ1n) is 6.66. The number of unbranched alkanes of at least 4 members (excludes halogenated alkanes) is 2. The highest BCUT2D eigenvalue weighted by molar-refractivity contribution is 5.84. The molecule has 0 atom stereocenters. The molecule has 98 valence electrons. The minimum Gasteiger partial charge on any atom is -0.423 e. The SMILES string of the molecule is CCCCC#Cc1cc(=O)oc2cc(C)c(C)cc12. The second-order valence-electron chi connectivity index (χ2n) is 4.82. The Morgan fingerprint density at radius 3 is 2.63 bits per heavy atom. The first-order valence-corrected chi connectivity index (χ1v) is 6.66. The van der Waals surface area contributed by atoms with Gasteiger partial charge >= 0.3 is 5.63 Å². The number of aryl methyl sites for hydroxylation is 2. The second kappa shape index (κ2) is 5.75. The van der Waals surface area contributed by atoms with Gasteiger partial charge in [-0.15, -0.1) is 0 Å². The van der Waals surface area contributed by atoms with E-state index >= 15 is 0 Å². The second-order valence-corrected chi connectivity index (χ2v) is 4.82. The normalized spacial score (nSPS) is 10.3. The number of fused-ring (bicyclic) bond motifs is 1. The van der Waals surface area contributed by atoms with Crippen LogP contribution >= 0.6 is 0 Å². The first kappa shape index (κ1) is 13.4. The van der Waals surface area contributed by atoms with Crippen molar-refractivity contribution in [2.75, 3.05) is 0 Å². The zero-order valence-corrected chi connectivity index (χ0v) is 11.7. The predicted octanol–water partition coefficient (Wildman–Crippen LogP) is 3.95. The average Bonchev–Trinajstić information content (AvgIpc) is 2.36. The molecule has 0 amide bonds. The third kappa shape index (κ3) is 3.06. The predicted molar refractivity (Wildman–Crippen MR) is 78.4 cm³/mol. The van der Waals surface area contributed by atoms with E-state index in [-0.39, 0.29) is 5.63 Å². The lowest BCUT2D eigenvalue weighted by Gasteiger charge is -2.04. The molecular weight excluding hydrogens is 236 g/mol. The maximum absolute atomic E-state index is 11.6. The molecule has 19 heavy (non-hydrogen) atoms. The summed E-state index contributed by atoms with van der Waals surface area (Å²) in [5, 5.41) is 0.923. The Hall–Kier alpha value is -2.01. The van der Waals surface area contributed by atoms with Gasteiger partial charge in [-0.3, -0.25) is 0 Å². The fourth-order valence-corrected chi connectivity index (χ4v) is 1.94. The van der Waals surface area contributed by atoms with Gasteiger partial charge in [0.1, 0.15) is 5.58 Å². The van der Waals surface area contributed by atoms with Crippen molar-refractivity contribution in [2.24, 2.45) is 0 Å². The van der Waals surface area contributed by atoms with Gasteiger partial charge in [0.15, 0.2) is 0 Å². The van der Waals surface area contributed by atoms with Gasteiger partial charge < -0.3 is 4.42 Å². The Labute approximate surface area is 113 Å². The van der Waals surface area contributed by atoms with Gasteiger partial charge in [-0.2, -0.15) is 0 Å². The minimum absolute atomic E-state index is 0.337. The molecule has 1 aromatic carbocycles. The average molecular weight is 254 g/mol. The summed E-state index contributed by atoms with van der Waals surface area (Å²) in [5.74, 6) is 6.23. The molecule has 0 fully saturated rings. The van der Waals surface area contributed by atoms with Crippen LogP contribution in [0.5, 0.6) is 0 Å². The molecule has 1 heterocycles. The molecule has 0 aliphatic carbocycles. The topological polar surface area (TPSA) is 30.2 Å².